The molecule has 21 heavy (non-hydrogen) atoms. The smallest absolute Gasteiger partial charge is 0.335 e. The van der Waals surface area contributed by atoms with Gasteiger partial charge >= 0.3 is 5.97 Å². The van der Waals surface area contributed by atoms with Crippen LogP contribution >= 0.6 is 0 Å². The number of esters is 1. The maximum absolute atomic E-state index is 11.4. The van der Waals surface area contributed by atoms with Crippen molar-refractivity contribution in [1.82, 2.24) is 4.90 Å². The second-order valence-electron chi connectivity index (χ2n) is 5.56. The number of methoxy groups -OCH3 is 1. The van der Waals surface area contributed by atoms with Gasteiger partial charge in [-0.2, -0.15) is 0 Å². The van der Waals surface area contributed by atoms with Crippen molar-refractivity contribution >= 4 is 5.97 Å². The molecule has 2 rings (SSSR count). The Bertz CT molecular complexity index is 478. The van der Waals surface area contributed by atoms with Crippen LogP contribution in [0.3, 0.4) is 0 Å². The minimum atomic E-state index is -0.795. The Balaban J connectivity index is 1.83. The number of carbonyl (C=O) groups excluding carboxylic acids is 1. The largest absolute Gasteiger partial charge is 0.466 e. The highest BCUT2D eigenvalue weighted by atomic mass is 16.5. The van der Waals surface area contributed by atoms with E-state index in [1.54, 1.807) is 0 Å². The van der Waals surface area contributed by atoms with Crippen LogP contribution in [0.15, 0.2) is 42.5 Å². The third kappa shape index (κ3) is 4.16. The van der Waals surface area contributed by atoms with Gasteiger partial charge in [0.15, 0.2) is 0 Å². The van der Waals surface area contributed by atoms with Gasteiger partial charge in [-0.15, -0.1) is 0 Å². The molecule has 1 fully saturated rings. The lowest BCUT2D eigenvalue weighted by atomic mass is 9.87. The maximum atomic E-state index is 11.4. The molecular weight excluding hydrogens is 266 g/mol. The average molecular weight is 289 g/mol. The lowest BCUT2D eigenvalue weighted by Crippen LogP contribution is -2.38. The van der Waals surface area contributed by atoms with Crippen LogP contribution in [0, 0.1) is 5.92 Å². The Morgan fingerprint density at radius 3 is 2.57 bits per heavy atom. The summed E-state index contributed by atoms with van der Waals surface area (Å²) in [6, 6.07) is 10.4. The van der Waals surface area contributed by atoms with Gasteiger partial charge in [0.1, 0.15) is 0 Å². The van der Waals surface area contributed by atoms with Crippen molar-refractivity contribution in [2.24, 2.45) is 5.92 Å². The lowest BCUT2D eigenvalue weighted by Gasteiger charge is -2.34. The molecule has 1 aromatic carbocycles. The number of piperidine rings is 1. The third-order valence-electron chi connectivity index (χ3n) is 4.13. The summed E-state index contributed by atoms with van der Waals surface area (Å²) in [7, 11) is 1.31. The fourth-order valence-corrected chi connectivity index (χ4v) is 2.80. The molecule has 0 bridgehead atoms. The molecule has 4 nitrogen and oxygen atoms in total. The van der Waals surface area contributed by atoms with Crippen LogP contribution < -0.4 is 0 Å². The van der Waals surface area contributed by atoms with Gasteiger partial charge in [0.25, 0.3) is 0 Å². The minimum absolute atomic E-state index is 0.0867. The van der Waals surface area contributed by atoms with E-state index in [4.69, 9.17) is 0 Å². The molecule has 0 radical (unpaired) electrons. The van der Waals surface area contributed by atoms with E-state index in [1.165, 1.54) is 12.7 Å². The zero-order valence-corrected chi connectivity index (χ0v) is 12.5. The first-order valence-corrected chi connectivity index (χ1v) is 7.33. The van der Waals surface area contributed by atoms with E-state index in [-0.39, 0.29) is 11.5 Å². The Hall–Kier alpha value is -1.65. The Kier molecular flexibility index (Phi) is 5.53. The molecule has 0 aliphatic carbocycles. The maximum Gasteiger partial charge on any atom is 0.335 e. The zero-order chi connectivity index (χ0) is 15.2. The second-order valence-corrected chi connectivity index (χ2v) is 5.56. The summed E-state index contributed by atoms with van der Waals surface area (Å²) in [6.07, 6.45) is 0.935. The number of likely N-dealkylation sites (tertiary alicyclic amines) is 1. The first-order chi connectivity index (χ1) is 10.1. The number of hydrogen-bond acceptors (Lipinski definition) is 4. The number of benzene rings is 1. The van der Waals surface area contributed by atoms with Crippen molar-refractivity contribution in [3.05, 3.63) is 48.0 Å². The van der Waals surface area contributed by atoms with E-state index in [2.05, 4.69) is 28.3 Å². The van der Waals surface area contributed by atoms with Crippen LogP contribution in [-0.2, 0) is 16.1 Å². The predicted molar refractivity (Wildman–Crippen MR) is 81.6 cm³/mol. The number of aliphatic hydroxyl groups is 1. The topological polar surface area (TPSA) is 49.8 Å². The number of rotatable bonds is 5. The zero-order valence-electron chi connectivity index (χ0n) is 12.5. The van der Waals surface area contributed by atoms with E-state index >= 15 is 0 Å². The van der Waals surface area contributed by atoms with Gasteiger partial charge in [0.05, 0.1) is 18.8 Å². The highest BCUT2D eigenvalue weighted by Gasteiger charge is 2.29. The summed E-state index contributed by atoms with van der Waals surface area (Å²) in [5.41, 5.74) is 1.47. The summed E-state index contributed by atoms with van der Waals surface area (Å²) in [5.74, 6) is -0.433. The van der Waals surface area contributed by atoms with Crippen LogP contribution in [0.2, 0.25) is 0 Å². The molecule has 4 heteroatoms. The third-order valence-corrected chi connectivity index (χ3v) is 4.13. The molecule has 1 heterocycles. The predicted octanol–water partition coefficient (Wildman–Crippen LogP) is 1.99. The summed E-state index contributed by atoms with van der Waals surface area (Å²) in [4.78, 5) is 13.8. The number of nitrogens with zero attached hydrogens (tertiary/aromatic N) is 1. The van der Waals surface area contributed by atoms with Gasteiger partial charge in [-0.1, -0.05) is 36.9 Å². The standard InChI is InChI=1S/C17H23NO3/c1-13(17(20)21-2)16(19)15-8-10-18(11-9-15)12-14-6-4-3-5-7-14/h3-7,15-16,19H,1,8-12H2,2H3. The van der Waals surface area contributed by atoms with Gasteiger partial charge in [-0.25, -0.2) is 4.79 Å². The highest BCUT2D eigenvalue weighted by Crippen LogP contribution is 2.25. The second kappa shape index (κ2) is 7.38. The molecule has 0 amide bonds. The molecule has 1 aliphatic rings. The van der Waals surface area contributed by atoms with Gasteiger partial charge in [0.2, 0.25) is 0 Å². The molecule has 1 aliphatic heterocycles. The molecule has 0 spiro atoms. The number of ether oxygens (including phenoxy) is 1. The summed E-state index contributed by atoms with van der Waals surface area (Å²) in [6.45, 7) is 6.42. The Labute approximate surface area is 126 Å². The van der Waals surface area contributed by atoms with Crippen LogP contribution in [0.4, 0.5) is 0 Å². The number of carbonyl (C=O) groups is 1. The van der Waals surface area contributed by atoms with Gasteiger partial charge in [-0.3, -0.25) is 4.90 Å². The molecule has 1 N–H and O–H groups in total. The van der Waals surface area contributed by atoms with Gasteiger partial charge < -0.3 is 9.84 Å². The molecule has 1 atom stereocenters. The molecule has 1 saturated heterocycles. The van der Waals surface area contributed by atoms with E-state index in [1.807, 2.05) is 18.2 Å². The van der Waals surface area contributed by atoms with Gasteiger partial charge in [-0.05, 0) is 37.4 Å². The molecule has 1 aromatic rings. The first kappa shape index (κ1) is 15.7. The molecule has 1 unspecified atom stereocenters. The number of hydrogen-bond donors (Lipinski definition) is 1. The van der Waals surface area contributed by atoms with Crippen molar-refractivity contribution in [2.45, 2.75) is 25.5 Å². The average Bonchev–Trinajstić information content (AvgIpc) is 2.54. The van der Waals surface area contributed by atoms with Crippen LogP contribution in [0.1, 0.15) is 18.4 Å². The summed E-state index contributed by atoms with van der Waals surface area (Å²) < 4.78 is 4.62. The van der Waals surface area contributed by atoms with Crippen molar-refractivity contribution in [3.63, 3.8) is 0 Å². The van der Waals surface area contributed by atoms with Crippen molar-refractivity contribution in [1.29, 1.82) is 0 Å². The fraction of sp³-hybridized carbons (Fsp3) is 0.471. The Morgan fingerprint density at radius 2 is 2.00 bits per heavy atom. The Morgan fingerprint density at radius 1 is 1.38 bits per heavy atom. The van der Waals surface area contributed by atoms with Crippen LogP contribution in [-0.4, -0.2) is 42.3 Å². The molecule has 0 saturated carbocycles. The minimum Gasteiger partial charge on any atom is -0.466 e. The molecule has 0 aromatic heterocycles. The highest BCUT2D eigenvalue weighted by molar-refractivity contribution is 5.88. The monoisotopic (exact) mass is 289 g/mol. The van der Waals surface area contributed by atoms with E-state index in [0.29, 0.717) is 0 Å². The van der Waals surface area contributed by atoms with Crippen molar-refractivity contribution in [2.75, 3.05) is 20.2 Å². The fourth-order valence-electron chi connectivity index (χ4n) is 2.80. The van der Waals surface area contributed by atoms with Crippen LogP contribution in [0.25, 0.3) is 0 Å². The van der Waals surface area contributed by atoms with E-state index in [0.717, 1.165) is 32.5 Å². The molecule has 114 valence electrons. The van der Waals surface area contributed by atoms with Crippen molar-refractivity contribution < 1.29 is 14.6 Å². The quantitative estimate of drug-likeness (QED) is 0.665. The van der Waals surface area contributed by atoms with Crippen LogP contribution in [0.5, 0.6) is 0 Å². The summed E-state index contributed by atoms with van der Waals surface area (Å²) in [5, 5.41) is 10.2. The first-order valence-electron chi connectivity index (χ1n) is 7.33. The van der Waals surface area contributed by atoms with E-state index in [9.17, 15) is 9.90 Å². The van der Waals surface area contributed by atoms with Crippen molar-refractivity contribution in [3.8, 4) is 0 Å². The lowest BCUT2D eigenvalue weighted by molar-refractivity contribution is -0.137. The SMILES string of the molecule is C=C(C(=O)OC)C(O)C1CCN(Cc2ccccc2)CC1. The number of aliphatic hydroxyl groups excluding tert-OH is 1. The van der Waals surface area contributed by atoms with E-state index < -0.39 is 12.1 Å². The normalized spacial score (nSPS) is 18.2. The summed E-state index contributed by atoms with van der Waals surface area (Å²) >= 11 is 0. The van der Waals surface area contributed by atoms with Gasteiger partial charge in [0, 0.05) is 6.54 Å². The molecular formula is C17H23NO3.